The van der Waals surface area contributed by atoms with Crippen LogP contribution >= 0.6 is 15.9 Å². The molecule has 6 heteroatoms. The highest BCUT2D eigenvalue weighted by atomic mass is 79.9. The molecule has 1 aliphatic carbocycles. The summed E-state index contributed by atoms with van der Waals surface area (Å²) in [6, 6.07) is 1.72. The van der Waals surface area contributed by atoms with Crippen LogP contribution in [0, 0.1) is 0 Å². The number of carbonyl (C=O) groups is 2. The average Bonchev–Trinajstić information content (AvgIpc) is 2.76. The largest absolute Gasteiger partial charge is 0.479 e. The SMILES string of the molecule is CN(C(=O)c1cc(Br)cn1C)C1(C(=O)O)CCCCC1. The third-order valence-corrected chi connectivity index (χ3v) is 4.65. The molecule has 0 spiro atoms. The topological polar surface area (TPSA) is 62.5 Å². The van der Waals surface area contributed by atoms with Crippen LogP contribution in [0.1, 0.15) is 42.6 Å². The van der Waals surface area contributed by atoms with Gasteiger partial charge < -0.3 is 14.6 Å². The summed E-state index contributed by atoms with van der Waals surface area (Å²) in [6.07, 6.45) is 5.57. The van der Waals surface area contributed by atoms with Gasteiger partial charge >= 0.3 is 5.97 Å². The van der Waals surface area contributed by atoms with E-state index in [0.29, 0.717) is 18.5 Å². The molecule has 1 saturated carbocycles. The lowest BCUT2D eigenvalue weighted by atomic mass is 9.80. The van der Waals surface area contributed by atoms with Gasteiger partial charge in [0.05, 0.1) is 0 Å². The van der Waals surface area contributed by atoms with Crippen LogP contribution in [0.5, 0.6) is 0 Å². The number of rotatable bonds is 3. The molecule has 0 saturated heterocycles. The first-order valence-electron chi connectivity index (χ1n) is 6.72. The molecule has 1 amide bonds. The van der Waals surface area contributed by atoms with Gasteiger partial charge in [0.25, 0.3) is 5.91 Å². The summed E-state index contributed by atoms with van der Waals surface area (Å²) in [7, 11) is 3.38. The van der Waals surface area contributed by atoms with E-state index < -0.39 is 11.5 Å². The standard InChI is InChI=1S/C14H19BrN2O3/c1-16-9-10(15)8-11(16)12(18)17(2)14(13(19)20)6-4-3-5-7-14/h8-9H,3-7H2,1-2H3,(H,19,20). The Morgan fingerprint density at radius 3 is 2.40 bits per heavy atom. The molecule has 1 aliphatic rings. The molecule has 0 aliphatic heterocycles. The minimum Gasteiger partial charge on any atom is -0.479 e. The minimum absolute atomic E-state index is 0.248. The number of halogens is 1. The zero-order chi connectivity index (χ0) is 14.9. The maximum absolute atomic E-state index is 12.6. The normalized spacial score (nSPS) is 17.8. The summed E-state index contributed by atoms with van der Waals surface area (Å²) < 4.78 is 2.52. The number of aliphatic carboxylic acids is 1. The molecule has 5 nitrogen and oxygen atoms in total. The van der Waals surface area contributed by atoms with Crippen LogP contribution in [0.15, 0.2) is 16.7 Å². The number of amides is 1. The predicted octanol–water partition coefficient (Wildman–Crippen LogP) is 2.65. The fourth-order valence-electron chi connectivity index (χ4n) is 2.93. The summed E-state index contributed by atoms with van der Waals surface area (Å²) in [5.74, 6) is -1.15. The molecule has 0 atom stereocenters. The number of carboxylic acids is 1. The number of carboxylic acid groups (broad SMARTS) is 1. The van der Waals surface area contributed by atoms with Gasteiger partial charge in [-0.2, -0.15) is 0 Å². The summed E-state index contributed by atoms with van der Waals surface area (Å²) in [5, 5.41) is 9.62. The van der Waals surface area contributed by atoms with Gasteiger partial charge in [0, 0.05) is 24.8 Å². The number of aromatic nitrogens is 1. The molecular weight excluding hydrogens is 324 g/mol. The molecule has 1 aromatic rings. The summed E-state index contributed by atoms with van der Waals surface area (Å²) in [6.45, 7) is 0. The van der Waals surface area contributed by atoms with Crippen molar-refractivity contribution in [3.63, 3.8) is 0 Å². The van der Waals surface area contributed by atoms with Crippen molar-refractivity contribution in [1.82, 2.24) is 9.47 Å². The van der Waals surface area contributed by atoms with Crippen molar-refractivity contribution in [3.05, 3.63) is 22.4 Å². The number of carbonyl (C=O) groups excluding carboxylic acids is 1. The van der Waals surface area contributed by atoms with E-state index in [1.165, 1.54) is 4.90 Å². The van der Waals surface area contributed by atoms with E-state index in [1.54, 1.807) is 30.9 Å². The summed E-state index contributed by atoms with van der Waals surface area (Å²) in [5.41, 5.74) is -0.572. The van der Waals surface area contributed by atoms with Crippen molar-refractivity contribution in [1.29, 1.82) is 0 Å². The van der Waals surface area contributed by atoms with Gasteiger partial charge in [-0.25, -0.2) is 4.79 Å². The second-order valence-electron chi connectivity index (χ2n) is 5.42. The summed E-state index contributed by atoms with van der Waals surface area (Å²) >= 11 is 3.33. The Kier molecular flexibility index (Phi) is 4.22. The minimum atomic E-state index is -1.06. The average molecular weight is 343 g/mol. The lowest BCUT2D eigenvalue weighted by Crippen LogP contribution is -2.56. The van der Waals surface area contributed by atoms with Gasteiger partial charge in [-0.05, 0) is 34.8 Å². The molecule has 0 aromatic carbocycles. The molecule has 0 radical (unpaired) electrons. The number of aryl methyl sites for hydroxylation is 1. The van der Waals surface area contributed by atoms with Gasteiger partial charge in [0.1, 0.15) is 11.2 Å². The molecule has 0 unspecified atom stereocenters. The van der Waals surface area contributed by atoms with Crippen molar-refractivity contribution in [3.8, 4) is 0 Å². The van der Waals surface area contributed by atoms with Crippen LogP contribution in [0.25, 0.3) is 0 Å². The Hall–Kier alpha value is -1.30. The second-order valence-corrected chi connectivity index (χ2v) is 6.33. The van der Waals surface area contributed by atoms with Crippen LogP contribution in [-0.4, -0.2) is 39.0 Å². The van der Waals surface area contributed by atoms with E-state index in [4.69, 9.17) is 0 Å². The van der Waals surface area contributed by atoms with E-state index in [2.05, 4.69) is 15.9 Å². The van der Waals surface area contributed by atoms with Crippen LogP contribution < -0.4 is 0 Å². The van der Waals surface area contributed by atoms with E-state index in [9.17, 15) is 14.7 Å². The van der Waals surface area contributed by atoms with Crippen LogP contribution in [0.3, 0.4) is 0 Å². The molecule has 0 bridgehead atoms. The Labute approximate surface area is 126 Å². The Morgan fingerprint density at radius 2 is 1.95 bits per heavy atom. The first-order chi connectivity index (χ1) is 9.38. The molecule has 1 aromatic heterocycles. The first-order valence-corrected chi connectivity index (χ1v) is 7.51. The van der Waals surface area contributed by atoms with Gasteiger partial charge in [-0.15, -0.1) is 0 Å². The van der Waals surface area contributed by atoms with Crippen LogP contribution in [0.4, 0.5) is 0 Å². The lowest BCUT2D eigenvalue weighted by Gasteiger charge is -2.40. The van der Waals surface area contributed by atoms with Crippen molar-refractivity contribution >= 4 is 27.8 Å². The smallest absolute Gasteiger partial charge is 0.329 e. The molecule has 1 heterocycles. The van der Waals surface area contributed by atoms with Crippen molar-refractivity contribution in [2.75, 3.05) is 7.05 Å². The predicted molar refractivity (Wildman–Crippen MR) is 78.7 cm³/mol. The fraction of sp³-hybridized carbons (Fsp3) is 0.571. The fourth-order valence-corrected chi connectivity index (χ4v) is 3.46. The quantitative estimate of drug-likeness (QED) is 0.918. The molecule has 20 heavy (non-hydrogen) atoms. The van der Waals surface area contributed by atoms with Gasteiger partial charge in [0.2, 0.25) is 0 Å². The van der Waals surface area contributed by atoms with Gasteiger partial charge in [-0.1, -0.05) is 19.3 Å². The zero-order valence-corrected chi connectivity index (χ0v) is 13.3. The van der Waals surface area contributed by atoms with Crippen molar-refractivity contribution in [2.45, 2.75) is 37.6 Å². The number of likely N-dealkylation sites (N-methyl/N-ethyl adjacent to an activating group) is 1. The highest BCUT2D eigenvalue weighted by molar-refractivity contribution is 9.10. The molecule has 2 rings (SSSR count). The first kappa shape index (κ1) is 15.1. The maximum atomic E-state index is 12.6. The number of nitrogens with zero attached hydrogens (tertiary/aromatic N) is 2. The Balaban J connectivity index is 2.32. The Morgan fingerprint density at radius 1 is 1.35 bits per heavy atom. The highest BCUT2D eigenvalue weighted by Crippen LogP contribution is 2.34. The lowest BCUT2D eigenvalue weighted by molar-refractivity contribution is -0.151. The van der Waals surface area contributed by atoms with Gasteiger partial charge in [0.15, 0.2) is 0 Å². The monoisotopic (exact) mass is 342 g/mol. The molecular formula is C14H19BrN2O3. The molecule has 1 fully saturated rings. The third-order valence-electron chi connectivity index (χ3n) is 4.22. The van der Waals surface area contributed by atoms with Crippen molar-refractivity contribution in [2.24, 2.45) is 7.05 Å². The number of hydrogen-bond acceptors (Lipinski definition) is 2. The Bertz CT molecular complexity index is 533. The van der Waals surface area contributed by atoms with E-state index in [-0.39, 0.29) is 5.91 Å². The van der Waals surface area contributed by atoms with Crippen LogP contribution in [-0.2, 0) is 11.8 Å². The molecule has 1 N–H and O–H groups in total. The van der Waals surface area contributed by atoms with Crippen molar-refractivity contribution < 1.29 is 14.7 Å². The van der Waals surface area contributed by atoms with Crippen LogP contribution in [0.2, 0.25) is 0 Å². The highest BCUT2D eigenvalue weighted by Gasteiger charge is 2.45. The second kappa shape index (κ2) is 5.60. The summed E-state index contributed by atoms with van der Waals surface area (Å²) in [4.78, 5) is 25.8. The van der Waals surface area contributed by atoms with Gasteiger partial charge in [-0.3, -0.25) is 4.79 Å². The van der Waals surface area contributed by atoms with E-state index in [0.717, 1.165) is 23.7 Å². The zero-order valence-electron chi connectivity index (χ0n) is 11.7. The van der Waals surface area contributed by atoms with E-state index in [1.807, 2.05) is 0 Å². The third kappa shape index (κ3) is 2.49. The maximum Gasteiger partial charge on any atom is 0.329 e. The van der Waals surface area contributed by atoms with E-state index >= 15 is 0 Å². The molecule has 110 valence electrons. The number of hydrogen-bond donors (Lipinski definition) is 1.